The summed E-state index contributed by atoms with van der Waals surface area (Å²) in [5.41, 5.74) is 0. The van der Waals surface area contributed by atoms with Crippen LogP contribution in [0.1, 0.15) is 27.5 Å². The molecule has 0 saturated heterocycles. The average Bonchev–Trinajstić information content (AvgIpc) is 3.06. The predicted octanol–water partition coefficient (Wildman–Crippen LogP) is 2.95. The van der Waals surface area contributed by atoms with E-state index in [1.54, 1.807) is 24.3 Å². The quantitative estimate of drug-likeness (QED) is 0.705. The van der Waals surface area contributed by atoms with Gasteiger partial charge < -0.3 is 19.5 Å². The minimum absolute atomic E-state index is 0.242. The molecule has 112 valence electrons. The van der Waals surface area contributed by atoms with Gasteiger partial charge in [-0.3, -0.25) is 9.59 Å². The Morgan fingerprint density at radius 3 is 1.62 bits per heavy atom. The highest BCUT2D eigenvalue weighted by Crippen LogP contribution is 2.14. The Morgan fingerprint density at radius 2 is 1.29 bits per heavy atom. The van der Waals surface area contributed by atoms with Crippen molar-refractivity contribution in [1.82, 2.24) is 10.6 Å². The maximum absolute atomic E-state index is 11.6. The predicted molar refractivity (Wildman–Crippen MR) is 82.1 cm³/mol. The lowest BCUT2D eigenvalue weighted by atomic mass is 10.3. The molecule has 0 aromatic carbocycles. The van der Waals surface area contributed by atoms with Crippen molar-refractivity contribution in [2.45, 2.75) is 6.42 Å². The highest BCUT2D eigenvalue weighted by Gasteiger charge is 2.11. The molecule has 0 atom stereocenters. The first kappa shape index (κ1) is 15.8. The number of hydrogen-bond acceptors (Lipinski definition) is 4. The summed E-state index contributed by atoms with van der Waals surface area (Å²) in [6.45, 7) is 0.860. The van der Waals surface area contributed by atoms with Crippen LogP contribution in [-0.4, -0.2) is 24.9 Å². The lowest BCUT2D eigenvalue weighted by Crippen LogP contribution is -2.29. The maximum Gasteiger partial charge on any atom is 0.287 e. The summed E-state index contributed by atoms with van der Waals surface area (Å²) in [7, 11) is 0. The van der Waals surface area contributed by atoms with Crippen LogP contribution in [0.2, 0.25) is 0 Å². The third-order valence-corrected chi connectivity index (χ3v) is 3.37. The van der Waals surface area contributed by atoms with Crippen molar-refractivity contribution in [1.29, 1.82) is 0 Å². The van der Waals surface area contributed by atoms with Crippen LogP contribution in [0, 0.1) is 0 Å². The van der Waals surface area contributed by atoms with Crippen LogP contribution in [0.5, 0.6) is 0 Å². The molecule has 2 N–H and O–H groups in total. The normalized spacial score (nSPS) is 10.4. The molecule has 0 fully saturated rings. The smallest absolute Gasteiger partial charge is 0.287 e. The fourth-order valence-electron chi connectivity index (χ4n) is 1.54. The molecule has 2 rings (SSSR count). The number of rotatable bonds is 6. The zero-order chi connectivity index (χ0) is 15.2. The summed E-state index contributed by atoms with van der Waals surface area (Å²) in [6, 6.07) is 6.46. The first-order chi connectivity index (χ1) is 10.1. The van der Waals surface area contributed by atoms with E-state index in [2.05, 4.69) is 42.5 Å². The second-order valence-corrected chi connectivity index (χ2v) is 5.64. The van der Waals surface area contributed by atoms with Crippen molar-refractivity contribution < 1.29 is 18.4 Å². The number of nitrogens with one attached hydrogen (secondary N) is 2. The molecule has 6 nitrogen and oxygen atoms in total. The van der Waals surface area contributed by atoms with Crippen molar-refractivity contribution in [2.75, 3.05) is 13.1 Å². The van der Waals surface area contributed by atoms with Gasteiger partial charge in [-0.2, -0.15) is 0 Å². The zero-order valence-electron chi connectivity index (χ0n) is 10.8. The van der Waals surface area contributed by atoms with Crippen LogP contribution < -0.4 is 10.6 Å². The summed E-state index contributed by atoms with van der Waals surface area (Å²) < 4.78 is 11.2. The molecular weight excluding hydrogens is 408 g/mol. The molecule has 0 spiro atoms. The lowest BCUT2D eigenvalue weighted by molar-refractivity contribution is 0.0921. The van der Waals surface area contributed by atoms with Crippen molar-refractivity contribution >= 4 is 43.7 Å². The minimum atomic E-state index is -0.290. The molecule has 2 aromatic rings. The number of amides is 2. The van der Waals surface area contributed by atoms with Crippen LogP contribution >= 0.6 is 31.9 Å². The fourth-order valence-corrected chi connectivity index (χ4v) is 2.15. The third kappa shape index (κ3) is 4.75. The second kappa shape index (κ2) is 7.46. The van der Waals surface area contributed by atoms with Gasteiger partial charge in [0.15, 0.2) is 20.9 Å². The minimum Gasteiger partial charge on any atom is -0.444 e. The average molecular weight is 420 g/mol. The molecule has 21 heavy (non-hydrogen) atoms. The summed E-state index contributed by atoms with van der Waals surface area (Å²) in [5.74, 6) is -0.0957. The van der Waals surface area contributed by atoms with Gasteiger partial charge in [-0.1, -0.05) is 0 Å². The zero-order valence-corrected chi connectivity index (χ0v) is 14.0. The SMILES string of the molecule is O=C(NCCCNC(=O)c1ccc(Br)o1)c1ccc(Br)o1. The summed E-state index contributed by atoms with van der Waals surface area (Å²) in [4.78, 5) is 23.3. The topological polar surface area (TPSA) is 84.5 Å². The monoisotopic (exact) mass is 418 g/mol. The largest absolute Gasteiger partial charge is 0.444 e. The van der Waals surface area contributed by atoms with Gasteiger partial charge in [-0.25, -0.2) is 0 Å². The molecule has 0 aliphatic heterocycles. The van der Waals surface area contributed by atoms with Gasteiger partial charge in [-0.05, 0) is 62.5 Å². The Hall–Kier alpha value is -1.54. The van der Waals surface area contributed by atoms with Gasteiger partial charge in [0.25, 0.3) is 11.8 Å². The van der Waals surface area contributed by atoms with Gasteiger partial charge in [0, 0.05) is 13.1 Å². The maximum atomic E-state index is 11.6. The lowest BCUT2D eigenvalue weighted by Gasteiger charge is -2.04. The standard InChI is InChI=1S/C13H12Br2N2O4/c14-10-4-2-8(20-10)12(18)16-6-1-7-17-13(19)9-3-5-11(15)21-9/h2-5H,1,6-7H2,(H,16,18)(H,17,19). The number of hydrogen-bond donors (Lipinski definition) is 2. The summed E-state index contributed by atoms with van der Waals surface area (Å²) in [6.07, 6.45) is 0.598. The van der Waals surface area contributed by atoms with Crippen molar-refractivity contribution in [3.8, 4) is 0 Å². The highest BCUT2D eigenvalue weighted by molar-refractivity contribution is 9.10. The molecule has 2 amide bonds. The molecule has 0 bridgehead atoms. The first-order valence-electron chi connectivity index (χ1n) is 6.13. The highest BCUT2D eigenvalue weighted by atomic mass is 79.9. The van der Waals surface area contributed by atoms with Gasteiger partial charge in [0.05, 0.1) is 0 Å². The van der Waals surface area contributed by atoms with E-state index in [4.69, 9.17) is 8.83 Å². The molecule has 2 heterocycles. The first-order valence-corrected chi connectivity index (χ1v) is 7.72. The number of carbonyl (C=O) groups excluding carboxylic acids is 2. The van der Waals surface area contributed by atoms with Gasteiger partial charge >= 0.3 is 0 Å². The number of halogens is 2. The van der Waals surface area contributed by atoms with Crippen molar-refractivity contribution in [2.24, 2.45) is 0 Å². The second-order valence-electron chi connectivity index (χ2n) is 4.07. The molecule has 0 saturated carbocycles. The molecule has 2 aromatic heterocycles. The summed E-state index contributed by atoms with van der Waals surface area (Å²) in [5, 5.41) is 5.39. The molecule has 8 heteroatoms. The van der Waals surface area contributed by atoms with E-state index in [0.717, 1.165) is 0 Å². The van der Waals surface area contributed by atoms with Gasteiger partial charge in [-0.15, -0.1) is 0 Å². The van der Waals surface area contributed by atoms with Gasteiger partial charge in [0.1, 0.15) is 0 Å². The van der Waals surface area contributed by atoms with E-state index in [-0.39, 0.29) is 23.3 Å². The number of carbonyl (C=O) groups is 2. The Balaban J connectivity index is 1.64. The van der Waals surface area contributed by atoms with E-state index < -0.39 is 0 Å². The van der Waals surface area contributed by atoms with Crippen LogP contribution in [0.3, 0.4) is 0 Å². The van der Waals surface area contributed by atoms with E-state index in [1.165, 1.54) is 0 Å². The van der Waals surface area contributed by atoms with Crippen molar-refractivity contribution in [3.05, 3.63) is 45.1 Å². The van der Waals surface area contributed by atoms with E-state index in [9.17, 15) is 9.59 Å². The van der Waals surface area contributed by atoms with Crippen LogP contribution in [0.15, 0.2) is 42.4 Å². The Morgan fingerprint density at radius 1 is 0.857 bits per heavy atom. The molecule has 0 aliphatic rings. The van der Waals surface area contributed by atoms with Crippen LogP contribution in [-0.2, 0) is 0 Å². The van der Waals surface area contributed by atoms with E-state index in [1.807, 2.05) is 0 Å². The molecular formula is C13H12Br2N2O4. The summed E-state index contributed by atoms with van der Waals surface area (Å²) >= 11 is 6.25. The van der Waals surface area contributed by atoms with Gasteiger partial charge in [0.2, 0.25) is 0 Å². The van der Waals surface area contributed by atoms with E-state index in [0.29, 0.717) is 28.8 Å². The third-order valence-electron chi connectivity index (χ3n) is 2.52. The fraction of sp³-hybridized carbons (Fsp3) is 0.231. The Labute approximate surface area is 137 Å². The van der Waals surface area contributed by atoms with Crippen LogP contribution in [0.4, 0.5) is 0 Å². The van der Waals surface area contributed by atoms with Crippen LogP contribution in [0.25, 0.3) is 0 Å². The van der Waals surface area contributed by atoms with Crippen molar-refractivity contribution in [3.63, 3.8) is 0 Å². The van der Waals surface area contributed by atoms with E-state index >= 15 is 0 Å². The molecule has 0 unspecified atom stereocenters. The molecule has 0 radical (unpaired) electrons. The number of furan rings is 2. The Bertz CT molecular complexity index is 581. The Kier molecular flexibility index (Phi) is 5.63. The molecule has 0 aliphatic carbocycles.